The SMILES string of the molecule is CC(C)CCn1c(=O)c2ccccc2n(CC(=O)NC(C)C)c1=O. The van der Waals surface area contributed by atoms with Crippen molar-refractivity contribution in [2.45, 2.75) is 53.2 Å². The highest BCUT2D eigenvalue weighted by atomic mass is 16.2. The fourth-order valence-electron chi connectivity index (χ4n) is 2.62. The molecule has 6 nitrogen and oxygen atoms in total. The first-order valence-corrected chi connectivity index (χ1v) is 8.33. The molecule has 0 aliphatic carbocycles. The number of amides is 1. The maximum Gasteiger partial charge on any atom is 0.331 e. The molecule has 0 radical (unpaired) electrons. The molecule has 0 saturated heterocycles. The third-order valence-corrected chi connectivity index (χ3v) is 3.81. The molecule has 130 valence electrons. The quantitative estimate of drug-likeness (QED) is 0.876. The van der Waals surface area contributed by atoms with Crippen LogP contribution in [-0.2, 0) is 17.9 Å². The molecule has 24 heavy (non-hydrogen) atoms. The van der Waals surface area contributed by atoms with Gasteiger partial charge in [-0.05, 0) is 38.3 Å². The van der Waals surface area contributed by atoms with E-state index in [1.54, 1.807) is 24.3 Å². The van der Waals surface area contributed by atoms with E-state index >= 15 is 0 Å². The number of carbonyl (C=O) groups is 1. The number of hydrogen-bond acceptors (Lipinski definition) is 3. The Bertz CT molecular complexity index is 847. The van der Waals surface area contributed by atoms with Crippen LogP contribution < -0.4 is 16.6 Å². The van der Waals surface area contributed by atoms with Crippen LogP contribution in [0.4, 0.5) is 0 Å². The largest absolute Gasteiger partial charge is 0.352 e. The topological polar surface area (TPSA) is 73.1 Å². The van der Waals surface area contributed by atoms with E-state index in [0.717, 1.165) is 6.42 Å². The van der Waals surface area contributed by atoms with Crippen molar-refractivity contribution < 1.29 is 4.79 Å². The highest BCUT2D eigenvalue weighted by Gasteiger charge is 2.15. The monoisotopic (exact) mass is 331 g/mol. The molecule has 0 fully saturated rings. The molecule has 0 unspecified atom stereocenters. The van der Waals surface area contributed by atoms with Crippen molar-refractivity contribution in [1.82, 2.24) is 14.5 Å². The van der Waals surface area contributed by atoms with Crippen LogP contribution in [0.5, 0.6) is 0 Å². The summed E-state index contributed by atoms with van der Waals surface area (Å²) in [5.74, 6) is 0.131. The van der Waals surface area contributed by atoms with E-state index in [2.05, 4.69) is 5.32 Å². The lowest BCUT2D eigenvalue weighted by Crippen LogP contribution is -2.43. The van der Waals surface area contributed by atoms with Gasteiger partial charge >= 0.3 is 5.69 Å². The van der Waals surface area contributed by atoms with Gasteiger partial charge in [-0.15, -0.1) is 0 Å². The van der Waals surface area contributed by atoms with Gasteiger partial charge in [0.25, 0.3) is 5.56 Å². The standard InChI is InChI=1S/C18H25N3O3/c1-12(2)9-10-20-17(23)14-7-5-6-8-15(14)21(18(20)24)11-16(22)19-13(3)4/h5-8,12-13H,9-11H2,1-4H3,(H,19,22). The Morgan fingerprint density at radius 2 is 1.75 bits per heavy atom. The van der Waals surface area contributed by atoms with E-state index < -0.39 is 5.69 Å². The van der Waals surface area contributed by atoms with Gasteiger partial charge in [0.1, 0.15) is 6.54 Å². The van der Waals surface area contributed by atoms with Gasteiger partial charge in [-0.25, -0.2) is 4.79 Å². The van der Waals surface area contributed by atoms with Gasteiger partial charge in [0.2, 0.25) is 5.91 Å². The highest BCUT2D eigenvalue weighted by Crippen LogP contribution is 2.08. The van der Waals surface area contributed by atoms with Crippen LogP contribution in [0.15, 0.2) is 33.9 Å². The maximum atomic E-state index is 12.8. The average molecular weight is 331 g/mol. The maximum absolute atomic E-state index is 12.8. The fraction of sp³-hybridized carbons (Fsp3) is 0.500. The van der Waals surface area contributed by atoms with E-state index in [4.69, 9.17) is 0 Å². The predicted molar refractivity (Wildman–Crippen MR) is 95.2 cm³/mol. The highest BCUT2D eigenvalue weighted by molar-refractivity contribution is 5.81. The minimum atomic E-state index is -0.432. The zero-order chi connectivity index (χ0) is 17.9. The summed E-state index contributed by atoms with van der Waals surface area (Å²) >= 11 is 0. The first kappa shape index (κ1) is 18.0. The molecule has 2 aromatic rings. The lowest BCUT2D eigenvalue weighted by atomic mass is 10.1. The third-order valence-electron chi connectivity index (χ3n) is 3.81. The summed E-state index contributed by atoms with van der Waals surface area (Å²) in [6, 6.07) is 6.91. The Labute approximate surface area is 141 Å². The van der Waals surface area contributed by atoms with Gasteiger partial charge in [0.15, 0.2) is 0 Å². The van der Waals surface area contributed by atoms with Gasteiger partial charge in [-0.1, -0.05) is 26.0 Å². The Morgan fingerprint density at radius 1 is 1.08 bits per heavy atom. The summed E-state index contributed by atoms with van der Waals surface area (Å²) in [4.78, 5) is 37.5. The molecule has 0 aliphatic rings. The smallest absolute Gasteiger partial charge is 0.331 e. The van der Waals surface area contributed by atoms with Crippen molar-refractivity contribution in [1.29, 1.82) is 0 Å². The molecular formula is C18H25N3O3. The molecule has 2 rings (SSSR count). The van der Waals surface area contributed by atoms with Crippen LogP contribution in [0.3, 0.4) is 0 Å². The second-order valence-electron chi connectivity index (χ2n) is 6.75. The second-order valence-corrected chi connectivity index (χ2v) is 6.75. The zero-order valence-electron chi connectivity index (χ0n) is 14.7. The number of para-hydroxylation sites is 1. The average Bonchev–Trinajstić information content (AvgIpc) is 2.50. The van der Waals surface area contributed by atoms with E-state index in [1.807, 2.05) is 27.7 Å². The van der Waals surface area contributed by atoms with Crippen LogP contribution in [0.25, 0.3) is 10.9 Å². The number of benzene rings is 1. The summed E-state index contributed by atoms with van der Waals surface area (Å²) in [7, 11) is 0. The van der Waals surface area contributed by atoms with E-state index in [1.165, 1.54) is 9.13 Å². The van der Waals surface area contributed by atoms with Gasteiger partial charge in [0, 0.05) is 12.6 Å². The Kier molecular flexibility index (Phi) is 5.59. The van der Waals surface area contributed by atoms with Gasteiger partial charge in [-0.3, -0.25) is 18.7 Å². The number of nitrogens with one attached hydrogen (secondary N) is 1. The molecule has 0 aliphatic heterocycles. The fourth-order valence-corrected chi connectivity index (χ4v) is 2.62. The first-order valence-electron chi connectivity index (χ1n) is 8.33. The van der Waals surface area contributed by atoms with Crippen LogP contribution in [0.2, 0.25) is 0 Å². The van der Waals surface area contributed by atoms with Crippen molar-refractivity contribution in [2.75, 3.05) is 0 Å². The number of aromatic nitrogens is 2. The Balaban J connectivity index is 2.57. The molecule has 1 N–H and O–H groups in total. The molecule has 0 atom stereocenters. The lowest BCUT2D eigenvalue weighted by Gasteiger charge is -2.15. The summed E-state index contributed by atoms with van der Waals surface area (Å²) in [5, 5.41) is 3.24. The van der Waals surface area contributed by atoms with Crippen molar-refractivity contribution >= 4 is 16.8 Å². The van der Waals surface area contributed by atoms with Gasteiger partial charge in [0.05, 0.1) is 10.9 Å². The number of carbonyl (C=O) groups excluding carboxylic acids is 1. The van der Waals surface area contributed by atoms with Crippen LogP contribution in [-0.4, -0.2) is 21.1 Å². The Hall–Kier alpha value is -2.37. The first-order chi connectivity index (χ1) is 11.3. The predicted octanol–water partition coefficient (Wildman–Crippen LogP) is 1.73. The minimum Gasteiger partial charge on any atom is -0.352 e. The molecule has 0 bridgehead atoms. The summed E-state index contributed by atoms with van der Waals surface area (Å²) in [6.45, 7) is 8.07. The van der Waals surface area contributed by atoms with Gasteiger partial charge in [-0.2, -0.15) is 0 Å². The van der Waals surface area contributed by atoms with Crippen molar-refractivity contribution in [2.24, 2.45) is 5.92 Å². The second kappa shape index (κ2) is 7.47. The van der Waals surface area contributed by atoms with E-state index in [9.17, 15) is 14.4 Å². The summed E-state index contributed by atoms with van der Waals surface area (Å²) < 4.78 is 2.62. The third kappa shape index (κ3) is 3.93. The summed E-state index contributed by atoms with van der Waals surface area (Å²) in [5.41, 5.74) is -0.234. The molecule has 1 amide bonds. The molecule has 0 saturated carbocycles. The normalized spacial score (nSPS) is 11.4. The molecule has 1 heterocycles. The Morgan fingerprint density at radius 3 is 2.38 bits per heavy atom. The van der Waals surface area contributed by atoms with Crippen LogP contribution in [0, 0.1) is 5.92 Å². The molecule has 1 aromatic carbocycles. The van der Waals surface area contributed by atoms with E-state index in [0.29, 0.717) is 23.4 Å². The number of nitrogens with zero attached hydrogens (tertiary/aromatic N) is 2. The van der Waals surface area contributed by atoms with E-state index in [-0.39, 0.29) is 24.1 Å². The number of hydrogen-bond donors (Lipinski definition) is 1. The van der Waals surface area contributed by atoms with Crippen LogP contribution >= 0.6 is 0 Å². The van der Waals surface area contributed by atoms with Crippen molar-refractivity contribution in [3.8, 4) is 0 Å². The number of rotatable bonds is 6. The summed E-state index contributed by atoms with van der Waals surface area (Å²) in [6.07, 6.45) is 0.728. The molecular weight excluding hydrogens is 306 g/mol. The van der Waals surface area contributed by atoms with Crippen LogP contribution in [0.1, 0.15) is 34.1 Å². The minimum absolute atomic E-state index is 0.00804. The number of fused-ring (bicyclic) bond motifs is 1. The lowest BCUT2D eigenvalue weighted by molar-refractivity contribution is -0.122. The van der Waals surface area contributed by atoms with Crippen molar-refractivity contribution in [3.63, 3.8) is 0 Å². The van der Waals surface area contributed by atoms with Gasteiger partial charge < -0.3 is 5.32 Å². The van der Waals surface area contributed by atoms with Crippen molar-refractivity contribution in [3.05, 3.63) is 45.1 Å². The molecule has 0 spiro atoms. The molecule has 1 aromatic heterocycles. The molecule has 6 heteroatoms. The zero-order valence-corrected chi connectivity index (χ0v) is 14.7.